The first-order chi connectivity index (χ1) is 25.0. The third-order valence-electron chi connectivity index (χ3n) is 9.05. The van der Waals surface area contributed by atoms with Gasteiger partial charge >= 0.3 is 18.2 Å². The summed E-state index contributed by atoms with van der Waals surface area (Å²) in [6.07, 6.45) is 1.81. The van der Waals surface area contributed by atoms with E-state index in [1.54, 1.807) is 19.1 Å². The second-order valence-corrected chi connectivity index (χ2v) is 13.9. The Labute approximate surface area is 305 Å². The minimum Gasteiger partial charge on any atom is -0.464 e. The fourth-order valence-corrected chi connectivity index (χ4v) is 6.44. The highest BCUT2D eigenvalue weighted by Crippen LogP contribution is 2.41. The summed E-state index contributed by atoms with van der Waals surface area (Å²) in [7, 11) is 0. The second-order valence-electron chi connectivity index (χ2n) is 13.9. The maximum absolute atomic E-state index is 13.3. The van der Waals surface area contributed by atoms with E-state index in [0.29, 0.717) is 44.7 Å². The van der Waals surface area contributed by atoms with Crippen LogP contribution < -0.4 is 16.0 Å². The molecule has 2 aromatic rings. The summed E-state index contributed by atoms with van der Waals surface area (Å²) in [5.41, 5.74) is 1.76. The Morgan fingerprint density at radius 1 is 0.923 bits per heavy atom. The number of halogens is 1. The number of carbonyl (C=O) groups excluding carboxylic acids is 4. The van der Waals surface area contributed by atoms with Crippen LogP contribution in [0.3, 0.4) is 0 Å². The molecular weight excluding hydrogens is 673 g/mol. The molecule has 2 heterocycles. The van der Waals surface area contributed by atoms with Crippen molar-refractivity contribution < 1.29 is 47.3 Å². The van der Waals surface area contributed by atoms with E-state index in [1.807, 2.05) is 30.3 Å². The van der Waals surface area contributed by atoms with E-state index in [9.17, 15) is 23.6 Å². The molecule has 3 amide bonds. The van der Waals surface area contributed by atoms with Crippen molar-refractivity contribution in [1.29, 1.82) is 0 Å². The van der Waals surface area contributed by atoms with Gasteiger partial charge in [0.25, 0.3) is 0 Å². The summed E-state index contributed by atoms with van der Waals surface area (Å²) < 4.78 is 42.8. The van der Waals surface area contributed by atoms with E-state index in [1.165, 1.54) is 12.1 Å². The predicted octanol–water partition coefficient (Wildman–Crippen LogP) is 5.75. The Bertz CT molecular complexity index is 1430. The van der Waals surface area contributed by atoms with Gasteiger partial charge in [0.1, 0.15) is 24.6 Å². The van der Waals surface area contributed by atoms with Crippen LogP contribution in [0.15, 0.2) is 54.6 Å². The van der Waals surface area contributed by atoms with Crippen LogP contribution >= 0.6 is 0 Å². The summed E-state index contributed by atoms with van der Waals surface area (Å²) in [6, 6.07) is 14.6. The topological polar surface area (TPSA) is 151 Å². The van der Waals surface area contributed by atoms with Crippen LogP contribution in [-0.4, -0.2) is 80.5 Å². The molecule has 5 atom stereocenters. The maximum Gasteiger partial charge on any atom is 0.407 e. The number of alkyl carbamates (subject to hydrolysis) is 2. The first-order valence-electron chi connectivity index (χ1n) is 18.5. The summed E-state index contributed by atoms with van der Waals surface area (Å²) in [5.74, 6) is -1.84. The van der Waals surface area contributed by atoms with E-state index in [2.05, 4.69) is 29.8 Å². The normalized spacial score (nSPS) is 21.9. The molecule has 3 N–H and O–H groups in total. The van der Waals surface area contributed by atoms with Gasteiger partial charge in [-0.1, -0.05) is 56.3 Å². The standard InChI is InChI=1S/C39H54FN3O9/c1-4-48-36(45)34(23-29-9-6-5-7-10-29)43-35(44)17-16-31-24-33(50-38(47)42-22-19-28-12-14-30(40)15-13-28)25-39(51-31)20-8-11-32(52-39)26-49-37(46)41-21-18-27(2)3/h5-7,9-10,12-15,27,31-34H,4,8,11,16-26H2,1-3H3,(H,41,46)(H,42,47)(H,43,44)/t31?,32?,33?,34-,39?/m0/s1. The predicted molar refractivity (Wildman–Crippen MR) is 191 cm³/mol. The molecule has 12 nitrogen and oxygen atoms in total. The van der Waals surface area contributed by atoms with Gasteiger partial charge in [-0.2, -0.15) is 0 Å². The van der Waals surface area contributed by atoms with E-state index in [0.717, 1.165) is 24.0 Å². The summed E-state index contributed by atoms with van der Waals surface area (Å²) in [4.78, 5) is 51.1. The number of rotatable bonds is 17. The molecule has 286 valence electrons. The van der Waals surface area contributed by atoms with Crippen LogP contribution in [-0.2, 0) is 46.1 Å². The third-order valence-corrected chi connectivity index (χ3v) is 9.05. The Morgan fingerprint density at radius 2 is 1.65 bits per heavy atom. The fraction of sp³-hybridized carbons (Fsp3) is 0.590. The van der Waals surface area contributed by atoms with Crippen molar-refractivity contribution in [3.8, 4) is 0 Å². The molecule has 0 aromatic heterocycles. The molecule has 1 spiro atoms. The van der Waals surface area contributed by atoms with Gasteiger partial charge in [-0.15, -0.1) is 0 Å². The van der Waals surface area contributed by atoms with Crippen molar-refractivity contribution in [3.63, 3.8) is 0 Å². The minimum atomic E-state index is -1.11. The maximum atomic E-state index is 13.3. The van der Waals surface area contributed by atoms with Crippen molar-refractivity contribution in [2.75, 3.05) is 26.3 Å². The van der Waals surface area contributed by atoms with Gasteiger partial charge in [0, 0.05) is 45.2 Å². The van der Waals surface area contributed by atoms with Gasteiger partial charge in [-0.25, -0.2) is 18.8 Å². The highest BCUT2D eigenvalue weighted by Gasteiger charge is 2.47. The molecule has 0 saturated carbocycles. The first kappa shape index (κ1) is 40.5. The summed E-state index contributed by atoms with van der Waals surface area (Å²) >= 11 is 0. The second kappa shape index (κ2) is 20.7. The SMILES string of the molecule is CCOC(=O)[C@H](Cc1ccccc1)NC(=O)CCC1CC(OC(=O)NCCc2ccc(F)cc2)CC2(CCCC(COC(=O)NCCC(C)C)O2)O1. The Morgan fingerprint density at radius 3 is 2.38 bits per heavy atom. The number of hydrogen-bond donors (Lipinski definition) is 3. The zero-order valence-corrected chi connectivity index (χ0v) is 30.5. The van der Waals surface area contributed by atoms with Crippen molar-refractivity contribution in [2.45, 2.75) is 115 Å². The quantitative estimate of drug-likeness (QED) is 0.137. The van der Waals surface area contributed by atoms with Gasteiger partial charge < -0.3 is 39.6 Å². The molecule has 2 aromatic carbocycles. The molecule has 0 bridgehead atoms. The summed E-state index contributed by atoms with van der Waals surface area (Å²) in [5, 5.41) is 8.36. The molecule has 0 radical (unpaired) electrons. The molecule has 2 fully saturated rings. The lowest BCUT2D eigenvalue weighted by molar-refractivity contribution is -0.329. The molecule has 4 unspecified atom stereocenters. The number of amides is 3. The Hall–Kier alpha value is -4.23. The molecule has 2 aliphatic heterocycles. The highest BCUT2D eigenvalue weighted by atomic mass is 19.1. The van der Waals surface area contributed by atoms with E-state index in [-0.39, 0.29) is 50.6 Å². The smallest absolute Gasteiger partial charge is 0.407 e. The summed E-state index contributed by atoms with van der Waals surface area (Å²) in [6.45, 7) is 6.91. The van der Waals surface area contributed by atoms with Gasteiger partial charge in [0.2, 0.25) is 5.91 Å². The number of benzene rings is 2. The van der Waals surface area contributed by atoms with Gasteiger partial charge in [0.05, 0.1) is 18.8 Å². The molecule has 13 heteroatoms. The van der Waals surface area contributed by atoms with Crippen LogP contribution in [0.25, 0.3) is 0 Å². The van der Waals surface area contributed by atoms with Crippen LogP contribution in [0.4, 0.5) is 14.0 Å². The zero-order chi connectivity index (χ0) is 37.3. The van der Waals surface area contributed by atoms with Crippen molar-refractivity contribution in [2.24, 2.45) is 5.92 Å². The monoisotopic (exact) mass is 727 g/mol. The number of carbonyl (C=O) groups is 4. The van der Waals surface area contributed by atoms with E-state index in [4.69, 9.17) is 23.7 Å². The lowest BCUT2D eigenvalue weighted by Gasteiger charge is -2.47. The minimum absolute atomic E-state index is 0.0394. The van der Waals surface area contributed by atoms with Crippen molar-refractivity contribution >= 4 is 24.1 Å². The number of hydrogen-bond acceptors (Lipinski definition) is 9. The number of esters is 1. The number of ether oxygens (including phenoxy) is 5. The van der Waals surface area contributed by atoms with E-state index >= 15 is 0 Å². The van der Waals surface area contributed by atoms with Crippen LogP contribution in [0, 0.1) is 11.7 Å². The molecule has 52 heavy (non-hydrogen) atoms. The van der Waals surface area contributed by atoms with Crippen molar-refractivity contribution in [1.82, 2.24) is 16.0 Å². The average Bonchev–Trinajstić information content (AvgIpc) is 3.11. The highest BCUT2D eigenvalue weighted by molar-refractivity contribution is 5.84. The first-order valence-corrected chi connectivity index (χ1v) is 18.5. The van der Waals surface area contributed by atoms with Crippen LogP contribution in [0.1, 0.15) is 83.3 Å². The zero-order valence-electron chi connectivity index (χ0n) is 30.5. The third kappa shape index (κ3) is 14.1. The van der Waals surface area contributed by atoms with E-state index < -0.39 is 48.3 Å². The molecule has 2 aliphatic rings. The molecule has 2 saturated heterocycles. The molecular formula is C39H54FN3O9. The Balaban J connectivity index is 1.37. The van der Waals surface area contributed by atoms with Crippen LogP contribution in [0.5, 0.6) is 0 Å². The average molecular weight is 728 g/mol. The Kier molecular flexibility index (Phi) is 16.2. The van der Waals surface area contributed by atoms with Gasteiger partial charge in [-0.05, 0) is 68.2 Å². The van der Waals surface area contributed by atoms with Crippen LogP contribution in [0.2, 0.25) is 0 Å². The van der Waals surface area contributed by atoms with Gasteiger partial charge in [-0.3, -0.25) is 4.79 Å². The van der Waals surface area contributed by atoms with Crippen molar-refractivity contribution in [3.05, 3.63) is 71.5 Å². The fourth-order valence-electron chi connectivity index (χ4n) is 6.44. The lowest BCUT2D eigenvalue weighted by Crippen LogP contribution is -2.54. The molecule has 4 rings (SSSR count). The number of nitrogens with one attached hydrogen (secondary N) is 3. The molecule has 0 aliphatic carbocycles. The lowest BCUT2D eigenvalue weighted by atomic mass is 9.90. The van der Waals surface area contributed by atoms with Gasteiger partial charge in [0.15, 0.2) is 5.79 Å². The largest absolute Gasteiger partial charge is 0.464 e.